The Kier molecular flexibility index (Phi) is 5.69. The Hall–Kier alpha value is -2.30. The number of aryl methyl sites for hydroxylation is 3. The summed E-state index contributed by atoms with van der Waals surface area (Å²) < 4.78 is 8.28. The molecule has 0 aliphatic rings. The molecule has 2 aromatic heterocycles. The number of hydrogen-bond acceptors (Lipinski definition) is 3. The second kappa shape index (κ2) is 8.38. The van der Waals surface area contributed by atoms with E-state index >= 15 is 0 Å². The van der Waals surface area contributed by atoms with Crippen molar-refractivity contribution in [3.8, 4) is 16.5 Å². The second-order valence-corrected chi connectivity index (χ2v) is 8.31. The van der Waals surface area contributed by atoms with Gasteiger partial charge in [0, 0.05) is 11.6 Å². The Balaban J connectivity index is 1.41. The van der Waals surface area contributed by atoms with E-state index in [2.05, 4.69) is 40.3 Å². The van der Waals surface area contributed by atoms with Gasteiger partial charge in [0.1, 0.15) is 5.75 Å². The molecule has 0 aliphatic heterocycles. The van der Waals surface area contributed by atoms with E-state index in [1.807, 2.05) is 32.0 Å². The van der Waals surface area contributed by atoms with Gasteiger partial charge in [-0.15, -0.1) is 11.3 Å². The highest BCUT2D eigenvalue weighted by atomic mass is 35.5. The minimum Gasteiger partial charge on any atom is -0.494 e. The molecule has 2 aromatic carbocycles. The number of halogens is 1. The standard InChI is InChI=1S/C23H23ClN2OS/c1-16-14-18(15-17(2)22(16)24)27-12-6-5-11-26-20-9-4-3-8-19(20)25-23(26)21-10-7-13-28-21/h3-4,7-10,13-15H,5-6,11-12H2,1-2H3. The molecule has 0 radical (unpaired) electrons. The van der Waals surface area contributed by atoms with Crippen molar-refractivity contribution in [2.75, 3.05) is 6.61 Å². The van der Waals surface area contributed by atoms with E-state index in [0.717, 1.165) is 52.6 Å². The van der Waals surface area contributed by atoms with Crippen LogP contribution in [0.2, 0.25) is 5.02 Å². The lowest BCUT2D eigenvalue weighted by molar-refractivity contribution is 0.303. The van der Waals surface area contributed by atoms with Gasteiger partial charge in [-0.25, -0.2) is 4.98 Å². The number of rotatable bonds is 7. The van der Waals surface area contributed by atoms with Gasteiger partial charge in [-0.3, -0.25) is 0 Å². The first-order chi connectivity index (χ1) is 13.6. The monoisotopic (exact) mass is 410 g/mol. The maximum Gasteiger partial charge on any atom is 0.151 e. The van der Waals surface area contributed by atoms with Crippen LogP contribution in [-0.4, -0.2) is 16.2 Å². The third kappa shape index (κ3) is 3.94. The number of unbranched alkanes of at least 4 members (excludes halogenated alkanes) is 1. The molecule has 0 atom stereocenters. The lowest BCUT2D eigenvalue weighted by Crippen LogP contribution is -2.04. The number of ether oxygens (including phenoxy) is 1. The Labute approximate surface area is 174 Å². The fourth-order valence-electron chi connectivity index (χ4n) is 3.45. The number of nitrogens with zero attached hydrogens (tertiary/aromatic N) is 2. The smallest absolute Gasteiger partial charge is 0.151 e. The van der Waals surface area contributed by atoms with E-state index in [1.165, 1.54) is 10.4 Å². The maximum absolute atomic E-state index is 6.23. The second-order valence-electron chi connectivity index (χ2n) is 6.98. The molecule has 144 valence electrons. The van der Waals surface area contributed by atoms with Crippen molar-refractivity contribution in [2.24, 2.45) is 0 Å². The Morgan fingerprint density at radius 1 is 1.04 bits per heavy atom. The summed E-state index contributed by atoms with van der Waals surface area (Å²) in [5.41, 5.74) is 4.36. The van der Waals surface area contributed by atoms with Gasteiger partial charge >= 0.3 is 0 Å². The molecular formula is C23H23ClN2OS. The van der Waals surface area contributed by atoms with Crippen LogP contribution in [0.4, 0.5) is 0 Å². The van der Waals surface area contributed by atoms with E-state index in [4.69, 9.17) is 21.3 Å². The Morgan fingerprint density at radius 2 is 1.82 bits per heavy atom. The summed E-state index contributed by atoms with van der Waals surface area (Å²) in [6.45, 7) is 5.65. The zero-order valence-corrected chi connectivity index (χ0v) is 17.7. The largest absolute Gasteiger partial charge is 0.494 e. The fourth-order valence-corrected chi connectivity index (χ4v) is 4.28. The van der Waals surface area contributed by atoms with Crippen molar-refractivity contribution < 1.29 is 4.74 Å². The number of para-hydroxylation sites is 2. The summed E-state index contributed by atoms with van der Waals surface area (Å²) >= 11 is 7.96. The fraction of sp³-hybridized carbons (Fsp3) is 0.261. The van der Waals surface area contributed by atoms with E-state index in [1.54, 1.807) is 11.3 Å². The molecule has 0 saturated carbocycles. The van der Waals surface area contributed by atoms with Crippen molar-refractivity contribution in [3.05, 3.63) is 70.1 Å². The van der Waals surface area contributed by atoms with Crippen LogP contribution in [0.5, 0.6) is 5.75 Å². The first-order valence-corrected chi connectivity index (χ1v) is 10.8. The van der Waals surface area contributed by atoms with Gasteiger partial charge in [-0.05, 0) is 73.5 Å². The molecule has 4 rings (SSSR count). The molecule has 3 nitrogen and oxygen atoms in total. The van der Waals surface area contributed by atoms with Gasteiger partial charge in [0.15, 0.2) is 5.82 Å². The topological polar surface area (TPSA) is 27.1 Å². The van der Waals surface area contributed by atoms with Crippen LogP contribution in [0.25, 0.3) is 21.7 Å². The zero-order chi connectivity index (χ0) is 19.5. The summed E-state index contributed by atoms with van der Waals surface area (Å²) in [4.78, 5) is 6.07. The summed E-state index contributed by atoms with van der Waals surface area (Å²) in [6, 6.07) is 16.6. The van der Waals surface area contributed by atoms with E-state index in [-0.39, 0.29) is 0 Å². The molecule has 0 bridgehead atoms. The van der Waals surface area contributed by atoms with Crippen LogP contribution in [0.1, 0.15) is 24.0 Å². The third-order valence-corrected chi connectivity index (χ3v) is 6.31. The zero-order valence-electron chi connectivity index (χ0n) is 16.1. The van der Waals surface area contributed by atoms with Crippen LogP contribution >= 0.6 is 22.9 Å². The molecule has 0 fully saturated rings. The molecule has 0 unspecified atom stereocenters. The molecule has 0 saturated heterocycles. The van der Waals surface area contributed by atoms with Crippen LogP contribution in [-0.2, 0) is 6.54 Å². The van der Waals surface area contributed by atoms with Gasteiger partial charge in [0.2, 0.25) is 0 Å². The average molecular weight is 411 g/mol. The van der Waals surface area contributed by atoms with Gasteiger partial charge in [-0.1, -0.05) is 29.8 Å². The van der Waals surface area contributed by atoms with Crippen LogP contribution < -0.4 is 4.74 Å². The maximum atomic E-state index is 6.23. The highest BCUT2D eigenvalue weighted by Gasteiger charge is 2.12. The normalized spacial score (nSPS) is 11.2. The number of fused-ring (bicyclic) bond motifs is 1. The summed E-state index contributed by atoms with van der Waals surface area (Å²) in [6.07, 6.45) is 2.02. The lowest BCUT2D eigenvalue weighted by atomic mass is 10.1. The molecule has 28 heavy (non-hydrogen) atoms. The number of thiophene rings is 1. The molecule has 0 N–H and O–H groups in total. The minimum atomic E-state index is 0.696. The van der Waals surface area contributed by atoms with Gasteiger partial charge in [0.25, 0.3) is 0 Å². The van der Waals surface area contributed by atoms with Crippen LogP contribution in [0, 0.1) is 13.8 Å². The predicted octanol–water partition coefficient (Wildman–Crippen LogP) is 6.89. The molecular weight excluding hydrogens is 388 g/mol. The van der Waals surface area contributed by atoms with Crippen molar-refractivity contribution >= 4 is 34.0 Å². The summed E-state index contributed by atoms with van der Waals surface area (Å²) in [5.74, 6) is 1.95. The molecule has 0 amide bonds. The molecule has 5 heteroatoms. The van der Waals surface area contributed by atoms with Gasteiger partial charge < -0.3 is 9.30 Å². The van der Waals surface area contributed by atoms with Crippen LogP contribution in [0.3, 0.4) is 0 Å². The van der Waals surface area contributed by atoms with Gasteiger partial charge in [0.05, 0.1) is 22.5 Å². The number of hydrogen-bond donors (Lipinski definition) is 0. The number of imidazole rings is 1. The lowest BCUT2D eigenvalue weighted by Gasteiger charge is -2.11. The third-order valence-electron chi connectivity index (χ3n) is 4.85. The summed E-state index contributed by atoms with van der Waals surface area (Å²) in [5, 5.41) is 2.92. The molecule has 0 spiro atoms. The Morgan fingerprint density at radius 3 is 2.57 bits per heavy atom. The Bertz CT molecular complexity index is 1060. The minimum absolute atomic E-state index is 0.696. The van der Waals surface area contributed by atoms with E-state index in [9.17, 15) is 0 Å². The number of benzene rings is 2. The molecule has 0 aliphatic carbocycles. The average Bonchev–Trinajstić information content (AvgIpc) is 3.33. The van der Waals surface area contributed by atoms with Crippen molar-refractivity contribution in [1.29, 1.82) is 0 Å². The highest BCUT2D eigenvalue weighted by molar-refractivity contribution is 7.13. The van der Waals surface area contributed by atoms with Crippen molar-refractivity contribution in [1.82, 2.24) is 9.55 Å². The quantitative estimate of drug-likeness (QED) is 0.310. The van der Waals surface area contributed by atoms with E-state index in [0.29, 0.717) is 6.61 Å². The van der Waals surface area contributed by atoms with Gasteiger partial charge in [-0.2, -0.15) is 0 Å². The highest BCUT2D eigenvalue weighted by Crippen LogP contribution is 2.29. The van der Waals surface area contributed by atoms with Crippen LogP contribution in [0.15, 0.2) is 53.9 Å². The molecule has 4 aromatic rings. The van der Waals surface area contributed by atoms with Crippen molar-refractivity contribution in [2.45, 2.75) is 33.2 Å². The predicted molar refractivity (Wildman–Crippen MR) is 119 cm³/mol. The summed E-state index contributed by atoms with van der Waals surface area (Å²) in [7, 11) is 0. The first kappa shape index (κ1) is 19.0. The molecule has 2 heterocycles. The van der Waals surface area contributed by atoms with Crippen molar-refractivity contribution in [3.63, 3.8) is 0 Å². The number of aromatic nitrogens is 2. The first-order valence-electron chi connectivity index (χ1n) is 9.52. The SMILES string of the molecule is Cc1cc(OCCCCn2c(-c3cccs3)nc3ccccc32)cc(C)c1Cl. The van der Waals surface area contributed by atoms with E-state index < -0.39 is 0 Å².